The number of amides is 1. The SMILES string of the molecule is C=CCn1nc(C(=O)N2CCCCC2)c2c1CCC(N1CCOCC1)C2. The summed E-state index contributed by atoms with van der Waals surface area (Å²) in [6.45, 7) is 9.91. The molecule has 4 rings (SSSR count). The monoisotopic (exact) mass is 358 g/mol. The van der Waals surface area contributed by atoms with E-state index in [0.29, 0.717) is 18.3 Å². The van der Waals surface area contributed by atoms with Crippen molar-refractivity contribution in [2.75, 3.05) is 39.4 Å². The standard InChI is InChI=1S/C20H30N4O2/c1-2-8-24-18-7-6-16(22-11-13-26-14-12-22)15-17(18)19(21-24)20(25)23-9-4-3-5-10-23/h2,16H,1,3-15H2. The number of carbonyl (C=O) groups is 1. The van der Waals surface area contributed by atoms with Crippen molar-refractivity contribution in [2.45, 2.75) is 51.1 Å². The first-order valence-electron chi connectivity index (χ1n) is 10.1. The molecule has 2 fully saturated rings. The highest BCUT2D eigenvalue weighted by atomic mass is 16.5. The fourth-order valence-electron chi connectivity index (χ4n) is 4.62. The molecule has 26 heavy (non-hydrogen) atoms. The molecule has 0 spiro atoms. The van der Waals surface area contributed by atoms with Crippen LogP contribution < -0.4 is 0 Å². The molecule has 2 saturated heterocycles. The summed E-state index contributed by atoms with van der Waals surface area (Å²) in [5.41, 5.74) is 3.13. The highest BCUT2D eigenvalue weighted by Gasteiger charge is 2.33. The minimum absolute atomic E-state index is 0.131. The Labute approximate surface area is 155 Å². The Morgan fingerprint density at radius 2 is 1.96 bits per heavy atom. The van der Waals surface area contributed by atoms with Crippen LogP contribution in [0.5, 0.6) is 0 Å². The number of allylic oxidation sites excluding steroid dienone is 1. The first-order valence-corrected chi connectivity index (χ1v) is 10.1. The molecule has 0 aromatic carbocycles. The van der Waals surface area contributed by atoms with Crippen molar-refractivity contribution in [3.63, 3.8) is 0 Å². The molecule has 1 atom stereocenters. The number of aromatic nitrogens is 2. The maximum absolute atomic E-state index is 13.2. The summed E-state index contributed by atoms with van der Waals surface area (Å²) >= 11 is 0. The third kappa shape index (κ3) is 3.45. The van der Waals surface area contributed by atoms with E-state index in [-0.39, 0.29) is 5.91 Å². The van der Waals surface area contributed by atoms with Crippen molar-refractivity contribution in [3.05, 3.63) is 29.6 Å². The number of morpholine rings is 1. The van der Waals surface area contributed by atoms with Gasteiger partial charge in [-0.1, -0.05) is 6.08 Å². The van der Waals surface area contributed by atoms with Gasteiger partial charge in [0.2, 0.25) is 0 Å². The molecule has 1 amide bonds. The van der Waals surface area contributed by atoms with Crippen molar-refractivity contribution in [1.82, 2.24) is 19.6 Å². The van der Waals surface area contributed by atoms with Crippen molar-refractivity contribution in [2.24, 2.45) is 0 Å². The topological polar surface area (TPSA) is 50.6 Å². The molecule has 1 unspecified atom stereocenters. The van der Waals surface area contributed by atoms with Crippen LogP contribution in [0.15, 0.2) is 12.7 Å². The number of piperidine rings is 1. The fraction of sp³-hybridized carbons (Fsp3) is 0.700. The van der Waals surface area contributed by atoms with E-state index in [9.17, 15) is 4.79 Å². The fourth-order valence-corrected chi connectivity index (χ4v) is 4.62. The average molecular weight is 358 g/mol. The highest BCUT2D eigenvalue weighted by molar-refractivity contribution is 5.94. The second-order valence-corrected chi connectivity index (χ2v) is 7.64. The van der Waals surface area contributed by atoms with Crippen LogP contribution in [0, 0.1) is 0 Å². The Bertz CT molecular complexity index is 657. The molecule has 0 radical (unpaired) electrons. The van der Waals surface area contributed by atoms with E-state index in [4.69, 9.17) is 9.84 Å². The van der Waals surface area contributed by atoms with Crippen molar-refractivity contribution in [3.8, 4) is 0 Å². The van der Waals surface area contributed by atoms with Gasteiger partial charge in [-0.3, -0.25) is 14.4 Å². The van der Waals surface area contributed by atoms with Gasteiger partial charge < -0.3 is 9.64 Å². The van der Waals surface area contributed by atoms with Crippen LogP contribution in [0.3, 0.4) is 0 Å². The van der Waals surface area contributed by atoms with E-state index in [1.807, 2.05) is 15.7 Å². The summed E-state index contributed by atoms with van der Waals surface area (Å²) in [5, 5.41) is 4.75. The van der Waals surface area contributed by atoms with Crippen LogP contribution in [-0.4, -0.2) is 70.9 Å². The average Bonchev–Trinajstić information content (AvgIpc) is 3.07. The molecule has 2 aliphatic heterocycles. The normalized spacial score (nSPS) is 24.3. The number of carbonyl (C=O) groups excluding carboxylic acids is 1. The van der Waals surface area contributed by atoms with Crippen LogP contribution >= 0.6 is 0 Å². The minimum Gasteiger partial charge on any atom is -0.379 e. The number of ether oxygens (including phenoxy) is 1. The second-order valence-electron chi connectivity index (χ2n) is 7.64. The van der Waals surface area contributed by atoms with Gasteiger partial charge in [-0.15, -0.1) is 6.58 Å². The van der Waals surface area contributed by atoms with Gasteiger partial charge in [0, 0.05) is 43.5 Å². The lowest BCUT2D eigenvalue weighted by atomic mass is 9.89. The summed E-state index contributed by atoms with van der Waals surface area (Å²) in [6, 6.07) is 0.501. The predicted molar refractivity (Wildman–Crippen MR) is 100 cm³/mol. The van der Waals surface area contributed by atoms with Crippen LogP contribution in [0.25, 0.3) is 0 Å². The predicted octanol–water partition coefficient (Wildman–Crippen LogP) is 1.88. The number of nitrogens with zero attached hydrogens (tertiary/aromatic N) is 4. The largest absolute Gasteiger partial charge is 0.379 e. The van der Waals surface area contributed by atoms with Gasteiger partial charge in [-0.05, 0) is 38.5 Å². The number of rotatable bonds is 4. The third-order valence-electron chi connectivity index (χ3n) is 6.03. The number of fused-ring (bicyclic) bond motifs is 1. The van der Waals surface area contributed by atoms with E-state index < -0.39 is 0 Å². The van der Waals surface area contributed by atoms with E-state index in [1.165, 1.54) is 17.7 Å². The Hall–Kier alpha value is -1.66. The summed E-state index contributed by atoms with van der Waals surface area (Å²) < 4.78 is 7.52. The summed E-state index contributed by atoms with van der Waals surface area (Å²) in [4.78, 5) is 17.7. The van der Waals surface area contributed by atoms with Gasteiger partial charge in [0.05, 0.1) is 19.8 Å². The maximum Gasteiger partial charge on any atom is 0.274 e. The molecule has 1 aliphatic carbocycles. The molecule has 1 aromatic heterocycles. The Morgan fingerprint density at radius 1 is 1.19 bits per heavy atom. The van der Waals surface area contributed by atoms with Crippen molar-refractivity contribution >= 4 is 5.91 Å². The van der Waals surface area contributed by atoms with E-state index >= 15 is 0 Å². The first kappa shape index (κ1) is 17.7. The van der Waals surface area contributed by atoms with Gasteiger partial charge in [0.25, 0.3) is 5.91 Å². The van der Waals surface area contributed by atoms with Gasteiger partial charge in [0.1, 0.15) is 0 Å². The molecule has 6 nitrogen and oxygen atoms in total. The van der Waals surface area contributed by atoms with Crippen molar-refractivity contribution in [1.29, 1.82) is 0 Å². The van der Waals surface area contributed by atoms with Crippen LogP contribution in [-0.2, 0) is 24.1 Å². The number of hydrogen-bond donors (Lipinski definition) is 0. The van der Waals surface area contributed by atoms with Gasteiger partial charge in [-0.25, -0.2) is 0 Å². The van der Waals surface area contributed by atoms with Crippen LogP contribution in [0.1, 0.15) is 47.4 Å². The van der Waals surface area contributed by atoms with Gasteiger partial charge in [0.15, 0.2) is 5.69 Å². The molecule has 142 valence electrons. The lowest BCUT2D eigenvalue weighted by molar-refractivity contribution is 0.0135. The second kappa shape index (κ2) is 7.92. The van der Waals surface area contributed by atoms with Crippen LogP contribution in [0.2, 0.25) is 0 Å². The quantitative estimate of drug-likeness (QED) is 0.771. The van der Waals surface area contributed by atoms with E-state index in [1.54, 1.807) is 0 Å². The molecule has 0 N–H and O–H groups in total. The maximum atomic E-state index is 13.2. The molecule has 3 heterocycles. The van der Waals surface area contributed by atoms with Crippen molar-refractivity contribution < 1.29 is 9.53 Å². The summed E-state index contributed by atoms with van der Waals surface area (Å²) in [6.07, 6.45) is 8.37. The lowest BCUT2D eigenvalue weighted by Crippen LogP contribution is -2.46. The molecular formula is C20H30N4O2. The van der Waals surface area contributed by atoms with E-state index in [0.717, 1.165) is 71.5 Å². The number of likely N-dealkylation sites (tertiary alicyclic amines) is 1. The zero-order valence-electron chi connectivity index (χ0n) is 15.7. The minimum atomic E-state index is 0.131. The zero-order valence-corrected chi connectivity index (χ0v) is 15.7. The van der Waals surface area contributed by atoms with Gasteiger partial charge in [-0.2, -0.15) is 5.10 Å². The molecule has 3 aliphatic rings. The lowest BCUT2D eigenvalue weighted by Gasteiger charge is -2.37. The molecular weight excluding hydrogens is 328 g/mol. The first-order chi connectivity index (χ1) is 12.8. The smallest absolute Gasteiger partial charge is 0.274 e. The highest BCUT2D eigenvalue weighted by Crippen LogP contribution is 2.29. The summed E-state index contributed by atoms with van der Waals surface area (Å²) in [7, 11) is 0. The van der Waals surface area contributed by atoms with E-state index in [2.05, 4.69) is 11.5 Å². The van der Waals surface area contributed by atoms with Gasteiger partial charge >= 0.3 is 0 Å². The third-order valence-corrected chi connectivity index (χ3v) is 6.03. The zero-order chi connectivity index (χ0) is 17.9. The molecule has 6 heteroatoms. The summed E-state index contributed by atoms with van der Waals surface area (Å²) in [5.74, 6) is 0.131. The number of hydrogen-bond acceptors (Lipinski definition) is 4. The molecule has 0 saturated carbocycles. The molecule has 1 aromatic rings. The molecule has 0 bridgehead atoms. The Morgan fingerprint density at radius 3 is 2.69 bits per heavy atom. The Kier molecular flexibility index (Phi) is 5.41. The Balaban J connectivity index is 1.60. The van der Waals surface area contributed by atoms with Crippen LogP contribution in [0.4, 0.5) is 0 Å².